The van der Waals surface area contributed by atoms with E-state index >= 15 is 0 Å². The quantitative estimate of drug-likeness (QED) is 0.505. The Morgan fingerprint density at radius 1 is 0.875 bits per heavy atom. The van der Waals surface area contributed by atoms with Crippen molar-refractivity contribution in [3.63, 3.8) is 0 Å². The van der Waals surface area contributed by atoms with Gasteiger partial charge in [0.1, 0.15) is 0 Å². The van der Waals surface area contributed by atoms with Crippen molar-refractivity contribution >= 4 is 29.4 Å². The Labute approximate surface area is 136 Å². The number of allylic oxidation sites excluding steroid dienone is 2. The van der Waals surface area contributed by atoms with Crippen LogP contribution in [0.25, 0.3) is 0 Å². The average molecular weight is 325 g/mol. The first-order valence-electron chi connectivity index (χ1n) is 7.52. The fourth-order valence-electron chi connectivity index (χ4n) is 4.13. The maximum atomic E-state index is 12.7. The maximum absolute atomic E-state index is 12.7. The molecule has 0 aromatic heterocycles. The lowest BCUT2D eigenvalue weighted by molar-refractivity contribution is -0.255. The molecule has 3 aliphatic rings. The van der Waals surface area contributed by atoms with Gasteiger partial charge < -0.3 is 19.8 Å². The minimum Gasteiger partial charge on any atom is -0.545 e. The van der Waals surface area contributed by atoms with E-state index in [2.05, 4.69) is 0 Å². The first-order valence-corrected chi connectivity index (χ1v) is 7.52. The number of hydrogen-bond donors (Lipinski definition) is 0. The Morgan fingerprint density at radius 3 is 1.75 bits per heavy atom. The molecule has 2 fully saturated rings. The molecule has 24 heavy (non-hydrogen) atoms. The minimum absolute atomic E-state index is 0.00591. The summed E-state index contributed by atoms with van der Waals surface area (Å²) in [6.07, 6.45) is 4.64. The highest BCUT2D eigenvalue weighted by molar-refractivity contribution is 6.23. The second kappa shape index (κ2) is 4.77. The third kappa shape index (κ3) is 1.84. The molecule has 1 aromatic rings. The van der Waals surface area contributed by atoms with Crippen LogP contribution >= 0.6 is 0 Å². The molecular formula is C17H11NO6-2. The normalized spacial score (nSPS) is 30.1. The Kier molecular flexibility index (Phi) is 2.90. The number of rotatable bonds is 3. The Hall–Kier alpha value is -2.96. The van der Waals surface area contributed by atoms with E-state index in [0.717, 1.165) is 29.5 Å². The van der Waals surface area contributed by atoms with Gasteiger partial charge in [-0.15, -0.1) is 0 Å². The van der Waals surface area contributed by atoms with E-state index in [1.807, 2.05) is 12.2 Å². The van der Waals surface area contributed by atoms with E-state index < -0.39 is 46.7 Å². The number of aromatic carboxylic acids is 2. The fourth-order valence-corrected chi connectivity index (χ4v) is 4.13. The third-order valence-electron chi connectivity index (χ3n) is 5.12. The smallest absolute Gasteiger partial charge is 0.238 e. The van der Waals surface area contributed by atoms with Crippen molar-refractivity contribution in [3.8, 4) is 0 Å². The molecule has 1 saturated heterocycles. The first-order chi connectivity index (χ1) is 11.4. The third-order valence-corrected chi connectivity index (χ3v) is 5.12. The Bertz CT molecular complexity index is 779. The fraction of sp³-hybridized carbons (Fsp3) is 0.294. The van der Waals surface area contributed by atoms with Gasteiger partial charge in [-0.25, -0.2) is 4.90 Å². The summed E-state index contributed by atoms with van der Waals surface area (Å²) in [4.78, 5) is 48.5. The highest BCUT2D eigenvalue weighted by atomic mass is 16.4. The van der Waals surface area contributed by atoms with Crippen LogP contribution in [0.1, 0.15) is 27.1 Å². The zero-order chi connectivity index (χ0) is 17.2. The average Bonchev–Trinajstić information content (AvgIpc) is 3.21. The number of carbonyl (C=O) groups is 4. The zero-order valence-corrected chi connectivity index (χ0v) is 12.3. The molecule has 1 aromatic carbocycles. The second-order valence-corrected chi connectivity index (χ2v) is 6.36. The molecule has 2 amide bonds. The highest BCUT2D eigenvalue weighted by Crippen LogP contribution is 2.53. The SMILES string of the molecule is O=C([O-])c1cc(C(=O)[O-])cc(N2C(=O)[C@@H]3[C@H](C2=O)[C@@H]2C=C[C@@H]3C2)c1. The molecular weight excluding hydrogens is 314 g/mol. The van der Waals surface area contributed by atoms with Crippen LogP contribution in [-0.2, 0) is 9.59 Å². The molecule has 2 bridgehead atoms. The molecule has 7 heteroatoms. The van der Waals surface area contributed by atoms with Crippen molar-refractivity contribution in [2.24, 2.45) is 23.7 Å². The van der Waals surface area contributed by atoms with Gasteiger partial charge in [0.2, 0.25) is 11.8 Å². The second-order valence-electron chi connectivity index (χ2n) is 6.36. The Balaban J connectivity index is 1.79. The number of nitrogens with zero attached hydrogens (tertiary/aromatic N) is 1. The van der Waals surface area contributed by atoms with Crippen molar-refractivity contribution in [3.05, 3.63) is 41.5 Å². The molecule has 4 rings (SSSR count). The number of amides is 2. The largest absolute Gasteiger partial charge is 0.545 e. The number of imide groups is 1. The van der Waals surface area contributed by atoms with Gasteiger partial charge >= 0.3 is 0 Å². The summed E-state index contributed by atoms with van der Waals surface area (Å²) >= 11 is 0. The number of carboxylic acids is 2. The number of anilines is 1. The molecule has 1 aliphatic heterocycles. The summed E-state index contributed by atoms with van der Waals surface area (Å²) in [5, 5.41) is 22.2. The lowest BCUT2D eigenvalue weighted by Gasteiger charge is -2.20. The number of carboxylic acid groups (broad SMARTS) is 2. The number of carbonyl (C=O) groups excluding carboxylic acids is 4. The van der Waals surface area contributed by atoms with Gasteiger partial charge in [-0.3, -0.25) is 9.59 Å². The van der Waals surface area contributed by atoms with Gasteiger partial charge in [-0.1, -0.05) is 12.2 Å². The Morgan fingerprint density at radius 2 is 1.33 bits per heavy atom. The molecule has 0 unspecified atom stereocenters. The minimum atomic E-state index is -1.60. The molecule has 1 heterocycles. The van der Waals surface area contributed by atoms with Gasteiger partial charge in [-0.05, 0) is 47.6 Å². The van der Waals surface area contributed by atoms with Crippen molar-refractivity contribution in [1.29, 1.82) is 0 Å². The van der Waals surface area contributed by atoms with Crippen molar-refractivity contribution in [2.45, 2.75) is 6.42 Å². The number of fused-ring (bicyclic) bond motifs is 5. The number of hydrogen-bond acceptors (Lipinski definition) is 6. The molecule has 0 radical (unpaired) electrons. The molecule has 2 aliphatic carbocycles. The standard InChI is InChI=1S/C17H13NO6/c19-14-12-7-1-2-8(3-7)13(12)15(20)18(14)11-5-9(16(21)22)4-10(6-11)17(23)24/h1-2,4-8,12-13H,3H2,(H,21,22)(H,23,24)/p-2/t7-,8-,12-,13+/m1/s1. The van der Waals surface area contributed by atoms with E-state index in [0.29, 0.717) is 0 Å². The first kappa shape index (κ1) is 14.6. The molecule has 122 valence electrons. The monoisotopic (exact) mass is 325 g/mol. The van der Waals surface area contributed by atoms with Crippen molar-refractivity contribution < 1.29 is 29.4 Å². The van der Waals surface area contributed by atoms with Crippen LogP contribution in [0.15, 0.2) is 30.4 Å². The van der Waals surface area contributed by atoms with Crippen LogP contribution in [-0.4, -0.2) is 23.8 Å². The lowest BCUT2D eigenvalue weighted by atomic mass is 9.85. The van der Waals surface area contributed by atoms with Crippen LogP contribution in [0.3, 0.4) is 0 Å². The summed E-state index contributed by atoms with van der Waals surface area (Å²) in [6.45, 7) is 0. The van der Waals surface area contributed by atoms with E-state index in [4.69, 9.17) is 0 Å². The van der Waals surface area contributed by atoms with Crippen LogP contribution < -0.4 is 15.1 Å². The van der Waals surface area contributed by atoms with E-state index in [1.165, 1.54) is 0 Å². The van der Waals surface area contributed by atoms with Crippen molar-refractivity contribution in [2.75, 3.05) is 4.90 Å². The maximum Gasteiger partial charge on any atom is 0.238 e. The van der Waals surface area contributed by atoms with Gasteiger partial charge in [0.05, 0.1) is 29.5 Å². The van der Waals surface area contributed by atoms with Gasteiger partial charge in [0.25, 0.3) is 0 Å². The predicted molar refractivity (Wildman–Crippen MR) is 75.3 cm³/mol. The van der Waals surface area contributed by atoms with Gasteiger partial charge in [0.15, 0.2) is 0 Å². The number of benzene rings is 1. The molecule has 1 saturated carbocycles. The summed E-state index contributed by atoms with van der Waals surface area (Å²) in [5.41, 5.74) is -0.921. The molecule has 4 atom stereocenters. The van der Waals surface area contributed by atoms with Crippen LogP contribution in [0.4, 0.5) is 5.69 Å². The summed E-state index contributed by atoms with van der Waals surface area (Å²) in [6, 6.07) is 3.03. The van der Waals surface area contributed by atoms with Crippen molar-refractivity contribution in [1.82, 2.24) is 0 Å². The lowest BCUT2D eigenvalue weighted by Crippen LogP contribution is -2.34. The molecule has 7 nitrogen and oxygen atoms in total. The van der Waals surface area contributed by atoms with Crippen LogP contribution in [0.5, 0.6) is 0 Å². The molecule has 0 N–H and O–H groups in total. The van der Waals surface area contributed by atoms with Crippen LogP contribution in [0, 0.1) is 23.7 Å². The predicted octanol–water partition coefficient (Wildman–Crippen LogP) is -1.27. The highest BCUT2D eigenvalue weighted by Gasteiger charge is 2.59. The molecule has 0 spiro atoms. The topological polar surface area (TPSA) is 118 Å². The van der Waals surface area contributed by atoms with E-state index in [9.17, 15) is 29.4 Å². The van der Waals surface area contributed by atoms with Gasteiger partial charge in [0, 0.05) is 0 Å². The van der Waals surface area contributed by atoms with Gasteiger partial charge in [-0.2, -0.15) is 0 Å². The zero-order valence-electron chi connectivity index (χ0n) is 12.3. The summed E-state index contributed by atoms with van der Waals surface area (Å²) < 4.78 is 0. The van der Waals surface area contributed by atoms with Crippen LogP contribution in [0.2, 0.25) is 0 Å². The van der Waals surface area contributed by atoms with E-state index in [-0.39, 0.29) is 17.5 Å². The van der Waals surface area contributed by atoms with E-state index in [1.54, 1.807) is 0 Å². The summed E-state index contributed by atoms with van der Waals surface area (Å²) in [5.74, 6) is -4.92. The summed E-state index contributed by atoms with van der Waals surface area (Å²) in [7, 11) is 0.